The van der Waals surface area contributed by atoms with Crippen molar-refractivity contribution in [2.45, 2.75) is 32.7 Å². The molecule has 0 aliphatic rings. The maximum Gasteiger partial charge on any atom is 0.0585 e. The molecule has 2 aromatic rings. The fraction of sp³-hybridized carbons (Fsp3) is 0.333. The molecule has 21 heavy (non-hydrogen) atoms. The molecule has 1 nitrogen and oxygen atoms in total. The summed E-state index contributed by atoms with van der Waals surface area (Å²) in [5.41, 5.74) is 5.47. The van der Waals surface area contributed by atoms with Gasteiger partial charge in [0.2, 0.25) is 0 Å². The first kappa shape index (κ1) is 16.7. The first-order valence-corrected chi connectivity index (χ1v) is 8.93. The highest BCUT2D eigenvalue weighted by Crippen LogP contribution is 2.31. The largest absolute Gasteiger partial charge is 0.309 e. The van der Waals surface area contributed by atoms with Gasteiger partial charge in [-0.2, -0.15) is 0 Å². The van der Waals surface area contributed by atoms with Crippen LogP contribution in [0.5, 0.6) is 0 Å². The van der Waals surface area contributed by atoms with Crippen LogP contribution >= 0.6 is 31.9 Å². The number of hydrogen-bond acceptors (Lipinski definition) is 1. The molecule has 2 rings (SSSR count). The number of nitrogens with one attached hydrogen (secondary N) is 1. The SMILES string of the molecule is CCc1ccc(C(NC)c2ccc(Br)cc2Br)cc1CC. The molecule has 0 saturated heterocycles. The molecule has 112 valence electrons. The number of benzene rings is 2. The average Bonchev–Trinajstić information content (AvgIpc) is 2.49. The van der Waals surface area contributed by atoms with Crippen molar-refractivity contribution in [1.82, 2.24) is 5.32 Å². The van der Waals surface area contributed by atoms with Gasteiger partial charge in [-0.25, -0.2) is 0 Å². The topological polar surface area (TPSA) is 12.0 Å². The highest BCUT2D eigenvalue weighted by Gasteiger charge is 2.16. The second kappa shape index (κ2) is 7.57. The maximum absolute atomic E-state index is 3.68. The summed E-state index contributed by atoms with van der Waals surface area (Å²) in [6, 6.07) is 13.4. The minimum absolute atomic E-state index is 0.198. The lowest BCUT2D eigenvalue weighted by Gasteiger charge is -2.20. The first-order chi connectivity index (χ1) is 10.1. The molecule has 1 unspecified atom stereocenters. The van der Waals surface area contributed by atoms with E-state index in [0.29, 0.717) is 0 Å². The van der Waals surface area contributed by atoms with E-state index in [9.17, 15) is 0 Å². The highest BCUT2D eigenvalue weighted by atomic mass is 79.9. The minimum atomic E-state index is 0.198. The van der Waals surface area contributed by atoms with Gasteiger partial charge < -0.3 is 5.32 Å². The predicted molar refractivity (Wildman–Crippen MR) is 97.9 cm³/mol. The molecule has 0 spiro atoms. The van der Waals surface area contributed by atoms with Crippen LogP contribution in [0.2, 0.25) is 0 Å². The lowest BCUT2D eigenvalue weighted by atomic mass is 9.93. The molecule has 2 aromatic carbocycles. The van der Waals surface area contributed by atoms with E-state index >= 15 is 0 Å². The predicted octanol–water partition coefficient (Wildman–Crippen LogP) is 5.65. The average molecular weight is 411 g/mol. The molecular weight excluding hydrogens is 390 g/mol. The molecule has 0 aliphatic heterocycles. The van der Waals surface area contributed by atoms with E-state index in [1.165, 1.54) is 22.3 Å². The Hall–Kier alpha value is -0.640. The third-order valence-corrected chi connectivity index (χ3v) is 5.07. The van der Waals surface area contributed by atoms with E-state index in [0.717, 1.165) is 21.8 Å². The summed E-state index contributed by atoms with van der Waals surface area (Å²) in [6.07, 6.45) is 2.17. The van der Waals surface area contributed by atoms with Crippen LogP contribution in [-0.2, 0) is 12.8 Å². The normalized spacial score (nSPS) is 12.4. The second-order valence-electron chi connectivity index (χ2n) is 5.12. The summed E-state index contributed by atoms with van der Waals surface area (Å²) in [7, 11) is 2.01. The number of aryl methyl sites for hydroxylation is 2. The highest BCUT2D eigenvalue weighted by molar-refractivity contribution is 9.11. The lowest BCUT2D eigenvalue weighted by molar-refractivity contribution is 0.687. The molecule has 0 radical (unpaired) electrons. The monoisotopic (exact) mass is 409 g/mol. The van der Waals surface area contributed by atoms with Crippen molar-refractivity contribution in [3.05, 3.63) is 67.6 Å². The first-order valence-electron chi connectivity index (χ1n) is 7.34. The summed E-state index contributed by atoms with van der Waals surface area (Å²) < 4.78 is 2.21. The van der Waals surface area contributed by atoms with Gasteiger partial charge in [-0.15, -0.1) is 0 Å². The molecule has 1 atom stereocenters. The Morgan fingerprint density at radius 2 is 1.67 bits per heavy atom. The van der Waals surface area contributed by atoms with E-state index in [4.69, 9.17) is 0 Å². The molecule has 1 N–H and O–H groups in total. The van der Waals surface area contributed by atoms with Crippen molar-refractivity contribution >= 4 is 31.9 Å². The Kier molecular flexibility index (Phi) is 6.03. The molecule has 0 heterocycles. The van der Waals surface area contributed by atoms with Crippen molar-refractivity contribution in [2.24, 2.45) is 0 Å². The quantitative estimate of drug-likeness (QED) is 0.671. The number of hydrogen-bond donors (Lipinski definition) is 1. The van der Waals surface area contributed by atoms with Crippen LogP contribution in [0.1, 0.15) is 42.1 Å². The van der Waals surface area contributed by atoms with Crippen LogP contribution in [0.15, 0.2) is 45.3 Å². The molecular formula is C18H21Br2N. The van der Waals surface area contributed by atoms with Crippen molar-refractivity contribution < 1.29 is 0 Å². The van der Waals surface area contributed by atoms with Crippen LogP contribution < -0.4 is 5.32 Å². The van der Waals surface area contributed by atoms with Crippen LogP contribution in [-0.4, -0.2) is 7.05 Å². The summed E-state index contributed by atoms with van der Waals surface area (Å²) in [5.74, 6) is 0. The van der Waals surface area contributed by atoms with Crippen molar-refractivity contribution in [3.8, 4) is 0 Å². The summed E-state index contributed by atoms with van der Waals surface area (Å²) in [6.45, 7) is 4.44. The van der Waals surface area contributed by atoms with E-state index in [1.54, 1.807) is 0 Å². The standard InChI is InChI=1S/C18H21Br2N/c1-4-12-6-7-14(10-13(12)5-2)18(21-3)16-9-8-15(19)11-17(16)20/h6-11,18,21H,4-5H2,1-3H3. The van der Waals surface area contributed by atoms with Gasteiger partial charge in [-0.1, -0.05) is 70.0 Å². The minimum Gasteiger partial charge on any atom is -0.309 e. The van der Waals surface area contributed by atoms with Gasteiger partial charge in [0.25, 0.3) is 0 Å². The van der Waals surface area contributed by atoms with Crippen molar-refractivity contribution in [3.63, 3.8) is 0 Å². The van der Waals surface area contributed by atoms with E-state index in [2.05, 4.69) is 87.4 Å². The van der Waals surface area contributed by atoms with E-state index in [1.807, 2.05) is 7.05 Å². The zero-order valence-corrected chi connectivity index (χ0v) is 15.9. The van der Waals surface area contributed by atoms with Gasteiger partial charge in [0.15, 0.2) is 0 Å². The van der Waals surface area contributed by atoms with Gasteiger partial charge in [0.1, 0.15) is 0 Å². The van der Waals surface area contributed by atoms with Gasteiger partial charge >= 0.3 is 0 Å². The Bertz CT molecular complexity index is 623. The Morgan fingerprint density at radius 3 is 2.24 bits per heavy atom. The summed E-state index contributed by atoms with van der Waals surface area (Å²) in [4.78, 5) is 0. The molecule has 0 fully saturated rings. The van der Waals surface area contributed by atoms with Crippen LogP contribution in [0.4, 0.5) is 0 Å². The Balaban J connectivity index is 2.46. The van der Waals surface area contributed by atoms with E-state index < -0.39 is 0 Å². The van der Waals surface area contributed by atoms with Crippen LogP contribution in [0, 0.1) is 0 Å². The molecule has 0 saturated carbocycles. The lowest BCUT2D eigenvalue weighted by Crippen LogP contribution is -2.18. The van der Waals surface area contributed by atoms with E-state index in [-0.39, 0.29) is 6.04 Å². The number of rotatable bonds is 5. The van der Waals surface area contributed by atoms with Gasteiger partial charge in [0.05, 0.1) is 6.04 Å². The third-order valence-electron chi connectivity index (χ3n) is 3.89. The van der Waals surface area contributed by atoms with Gasteiger partial charge in [0, 0.05) is 8.95 Å². The zero-order valence-electron chi connectivity index (χ0n) is 12.7. The third kappa shape index (κ3) is 3.77. The molecule has 3 heteroatoms. The zero-order chi connectivity index (χ0) is 15.4. The van der Waals surface area contributed by atoms with Crippen molar-refractivity contribution in [2.75, 3.05) is 7.05 Å². The maximum atomic E-state index is 3.68. The molecule has 0 aromatic heterocycles. The van der Waals surface area contributed by atoms with Gasteiger partial charge in [-0.3, -0.25) is 0 Å². The molecule has 0 bridgehead atoms. The summed E-state index contributed by atoms with van der Waals surface area (Å²) >= 11 is 7.19. The second-order valence-corrected chi connectivity index (χ2v) is 6.89. The molecule has 0 aliphatic carbocycles. The number of halogens is 2. The fourth-order valence-corrected chi connectivity index (χ4v) is 4.01. The smallest absolute Gasteiger partial charge is 0.0585 e. The Labute approximate surface area is 144 Å². The van der Waals surface area contributed by atoms with Crippen molar-refractivity contribution in [1.29, 1.82) is 0 Å². The molecule has 0 amide bonds. The fourth-order valence-electron chi connectivity index (χ4n) is 2.74. The summed E-state index contributed by atoms with van der Waals surface area (Å²) in [5, 5.41) is 3.44. The van der Waals surface area contributed by atoms with Crippen LogP contribution in [0.3, 0.4) is 0 Å². The van der Waals surface area contributed by atoms with Gasteiger partial charge in [-0.05, 0) is 54.3 Å². The Morgan fingerprint density at radius 1 is 0.952 bits per heavy atom. The van der Waals surface area contributed by atoms with Crippen LogP contribution in [0.25, 0.3) is 0 Å².